The summed E-state index contributed by atoms with van der Waals surface area (Å²) >= 11 is 0. The molecule has 7 nitrogen and oxygen atoms in total. The molecule has 0 aliphatic carbocycles. The van der Waals surface area contributed by atoms with Crippen LogP contribution in [0.15, 0.2) is 48.7 Å². The lowest BCUT2D eigenvalue weighted by molar-refractivity contribution is -0.137. The predicted octanol–water partition coefficient (Wildman–Crippen LogP) is 3.06. The lowest BCUT2D eigenvalue weighted by atomic mass is 9.95. The Morgan fingerprint density at radius 2 is 1.80 bits per heavy atom. The van der Waals surface area contributed by atoms with Crippen molar-refractivity contribution < 1.29 is 9.59 Å². The molecule has 2 amide bonds. The second kappa shape index (κ2) is 10.8. The number of aromatic nitrogens is 1. The van der Waals surface area contributed by atoms with Gasteiger partial charge in [-0.2, -0.15) is 0 Å². The van der Waals surface area contributed by atoms with Crippen LogP contribution in [0.4, 0.5) is 11.5 Å². The monoisotopic (exact) mass is 475 g/mol. The maximum absolute atomic E-state index is 13.4. The van der Waals surface area contributed by atoms with Crippen LogP contribution in [-0.4, -0.2) is 79.0 Å². The van der Waals surface area contributed by atoms with E-state index in [0.717, 1.165) is 75.7 Å². The Morgan fingerprint density at radius 1 is 1.00 bits per heavy atom. The van der Waals surface area contributed by atoms with E-state index in [-0.39, 0.29) is 17.7 Å². The first-order valence-corrected chi connectivity index (χ1v) is 13.2. The van der Waals surface area contributed by atoms with Gasteiger partial charge in [0.1, 0.15) is 5.82 Å². The zero-order valence-electron chi connectivity index (χ0n) is 20.8. The van der Waals surface area contributed by atoms with Crippen LogP contribution in [0.5, 0.6) is 0 Å². The highest BCUT2D eigenvalue weighted by molar-refractivity contribution is 6.00. The molecule has 2 unspecified atom stereocenters. The summed E-state index contributed by atoms with van der Waals surface area (Å²) in [5.74, 6) is 1.57. The van der Waals surface area contributed by atoms with Crippen LogP contribution in [0.25, 0.3) is 0 Å². The Kier molecular flexibility index (Phi) is 7.32. The van der Waals surface area contributed by atoms with Crippen molar-refractivity contribution in [2.24, 2.45) is 11.8 Å². The van der Waals surface area contributed by atoms with Gasteiger partial charge in [0.05, 0.1) is 5.92 Å². The Labute approximate surface area is 208 Å². The predicted molar refractivity (Wildman–Crippen MR) is 138 cm³/mol. The van der Waals surface area contributed by atoms with Crippen molar-refractivity contribution in [3.63, 3.8) is 0 Å². The Hall–Kier alpha value is -2.93. The molecule has 3 saturated heterocycles. The molecule has 3 aliphatic rings. The number of amides is 2. The van der Waals surface area contributed by atoms with Crippen LogP contribution in [0.3, 0.4) is 0 Å². The zero-order chi connectivity index (χ0) is 24.2. The molecule has 1 aromatic carbocycles. The summed E-state index contributed by atoms with van der Waals surface area (Å²) in [5, 5.41) is 0. The van der Waals surface area contributed by atoms with E-state index < -0.39 is 0 Å². The number of carbonyl (C=O) groups is 2. The van der Waals surface area contributed by atoms with Crippen molar-refractivity contribution >= 4 is 23.3 Å². The van der Waals surface area contributed by atoms with Crippen LogP contribution in [0, 0.1) is 11.8 Å². The maximum Gasteiger partial charge on any atom is 0.228 e. The number of likely N-dealkylation sites (tertiary alicyclic amines) is 1. The fourth-order valence-electron chi connectivity index (χ4n) is 5.92. The van der Waals surface area contributed by atoms with Gasteiger partial charge in [-0.1, -0.05) is 31.2 Å². The molecule has 2 aromatic rings. The number of anilines is 2. The van der Waals surface area contributed by atoms with Crippen molar-refractivity contribution in [1.82, 2.24) is 14.8 Å². The van der Waals surface area contributed by atoms with Gasteiger partial charge in [0, 0.05) is 70.7 Å². The first-order valence-electron chi connectivity index (χ1n) is 13.2. The first kappa shape index (κ1) is 23.8. The van der Waals surface area contributed by atoms with Gasteiger partial charge in [0.2, 0.25) is 11.8 Å². The van der Waals surface area contributed by atoms with E-state index in [1.54, 1.807) is 0 Å². The highest BCUT2D eigenvalue weighted by atomic mass is 16.2. The summed E-state index contributed by atoms with van der Waals surface area (Å²) in [6.45, 7) is 9.33. The molecule has 0 bridgehead atoms. The van der Waals surface area contributed by atoms with E-state index in [0.29, 0.717) is 18.9 Å². The number of aryl methyl sites for hydroxylation is 1. The SMILES string of the molecule is CCc1ccccc1N1CC(C(=O)N2CCCC(CN3CCN(c4ccccn4)CC3)C2)CC1=O. The Bertz CT molecular complexity index is 1020. The quantitative estimate of drug-likeness (QED) is 0.643. The summed E-state index contributed by atoms with van der Waals surface area (Å²) in [7, 11) is 0. The molecule has 7 heteroatoms. The van der Waals surface area contributed by atoms with E-state index in [1.165, 1.54) is 6.42 Å². The number of rotatable bonds is 6. The molecule has 0 radical (unpaired) electrons. The lowest BCUT2D eigenvalue weighted by Crippen LogP contribution is -2.51. The van der Waals surface area contributed by atoms with Gasteiger partial charge in [-0.05, 0) is 48.9 Å². The van der Waals surface area contributed by atoms with Gasteiger partial charge < -0.3 is 14.7 Å². The van der Waals surface area contributed by atoms with E-state index in [9.17, 15) is 9.59 Å². The van der Waals surface area contributed by atoms with Gasteiger partial charge in [-0.3, -0.25) is 14.5 Å². The number of pyridine rings is 1. The number of benzene rings is 1. The van der Waals surface area contributed by atoms with Crippen LogP contribution < -0.4 is 9.80 Å². The number of piperazine rings is 1. The molecular weight excluding hydrogens is 438 g/mol. The van der Waals surface area contributed by atoms with Crippen molar-refractivity contribution in [3.05, 3.63) is 54.2 Å². The number of hydrogen-bond acceptors (Lipinski definition) is 5. The molecule has 186 valence electrons. The van der Waals surface area contributed by atoms with Crippen LogP contribution in [0.2, 0.25) is 0 Å². The third kappa shape index (κ3) is 5.35. The second-order valence-electron chi connectivity index (χ2n) is 10.2. The largest absolute Gasteiger partial charge is 0.354 e. The summed E-state index contributed by atoms with van der Waals surface area (Å²) < 4.78 is 0. The number of piperidine rings is 1. The molecule has 1 aromatic heterocycles. The molecule has 0 N–H and O–H groups in total. The molecule has 0 spiro atoms. The van der Waals surface area contributed by atoms with E-state index >= 15 is 0 Å². The molecule has 3 fully saturated rings. The molecule has 4 heterocycles. The lowest BCUT2D eigenvalue weighted by Gasteiger charge is -2.40. The normalized spacial score (nSPS) is 23.7. The van der Waals surface area contributed by atoms with Gasteiger partial charge in [0.25, 0.3) is 0 Å². The summed E-state index contributed by atoms with van der Waals surface area (Å²) in [6, 6.07) is 14.1. The highest BCUT2D eigenvalue weighted by Crippen LogP contribution is 2.30. The average Bonchev–Trinajstić information content (AvgIpc) is 3.30. The molecule has 35 heavy (non-hydrogen) atoms. The van der Waals surface area contributed by atoms with Crippen molar-refractivity contribution in [1.29, 1.82) is 0 Å². The number of hydrogen-bond donors (Lipinski definition) is 0. The Morgan fingerprint density at radius 3 is 2.57 bits per heavy atom. The minimum absolute atomic E-state index is 0.0728. The summed E-state index contributed by atoms with van der Waals surface area (Å²) in [5.41, 5.74) is 2.13. The van der Waals surface area contributed by atoms with Crippen LogP contribution in [0.1, 0.15) is 31.7 Å². The summed E-state index contributed by atoms with van der Waals surface area (Å²) in [6.07, 6.45) is 5.28. The second-order valence-corrected chi connectivity index (χ2v) is 10.2. The van der Waals surface area contributed by atoms with Crippen LogP contribution >= 0.6 is 0 Å². The topological polar surface area (TPSA) is 60.0 Å². The molecule has 0 saturated carbocycles. The van der Waals surface area contributed by atoms with Gasteiger partial charge >= 0.3 is 0 Å². The maximum atomic E-state index is 13.4. The zero-order valence-corrected chi connectivity index (χ0v) is 20.8. The smallest absolute Gasteiger partial charge is 0.228 e. The molecular formula is C28H37N5O2. The third-order valence-corrected chi connectivity index (χ3v) is 7.83. The van der Waals surface area contributed by atoms with E-state index in [4.69, 9.17) is 0 Å². The fourth-order valence-corrected chi connectivity index (χ4v) is 5.92. The minimum atomic E-state index is -0.229. The fraction of sp³-hybridized carbons (Fsp3) is 0.536. The van der Waals surface area contributed by atoms with E-state index in [2.05, 4.69) is 33.8 Å². The van der Waals surface area contributed by atoms with Crippen LogP contribution in [-0.2, 0) is 16.0 Å². The minimum Gasteiger partial charge on any atom is -0.354 e. The van der Waals surface area contributed by atoms with Crippen molar-refractivity contribution in [2.45, 2.75) is 32.6 Å². The molecule has 2 atom stereocenters. The molecule has 5 rings (SSSR count). The van der Waals surface area contributed by atoms with Crippen molar-refractivity contribution in [3.8, 4) is 0 Å². The number of para-hydroxylation sites is 1. The number of carbonyl (C=O) groups excluding carboxylic acids is 2. The highest BCUT2D eigenvalue weighted by Gasteiger charge is 2.39. The standard InChI is InChI=1S/C28H37N5O2/c1-2-23-9-3-4-10-25(23)33-21-24(18-27(33)34)28(35)32-13-7-8-22(20-32)19-30-14-16-31(17-15-30)26-11-5-6-12-29-26/h3-6,9-12,22,24H,2,7-8,13-21H2,1H3. The Balaban J connectivity index is 1.14. The van der Waals surface area contributed by atoms with Gasteiger partial charge in [0.15, 0.2) is 0 Å². The van der Waals surface area contributed by atoms with Gasteiger partial charge in [-0.25, -0.2) is 4.98 Å². The average molecular weight is 476 g/mol. The van der Waals surface area contributed by atoms with E-state index in [1.807, 2.05) is 46.3 Å². The molecule has 3 aliphatic heterocycles. The summed E-state index contributed by atoms with van der Waals surface area (Å²) in [4.78, 5) is 39.5. The number of nitrogens with zero attached hydrogens (tertiary/aromatic N) is 5. The van der Waals surface area contributed by atoms with Crippen molar-refractivity contribution in [2.75, 3.05) is 62.2 Å². The first-order chi connectivity index (χ1) is 17.1. The van der Waals surface area contributed by atoms with Gasteiger partial charge in [-0.15, -0.1) is 0 Å². The third-order valence-electron chi connectivity index (χ3n) is 7.83.